The molecule has 1 saturated carbocycles. The lowest BCUT2D eigenvalue weighted by Crippen LogP contribution is -2.28. The summed E-state index contributed by atoms with van der Waals surface area (Å²) in [7, 11) is 1.68. The van der Waals surface area contributed by atoms with Gasteiger partial charge in [-0.2, -0.15) is 0 Å². The van der Waals surface area contributed by atoms with Gasteiger partial charge in [0.15, 0.2) is 0 Å². The van der Waals surface area contributed by atoms with Crippen molar-refractivity contribution in [2.24, 2.45) is 11.8 Å². The molecule has 1 aliphatic rings. The molecule has 0 bridgehead atoms. The Morgan fingerprint density at radius 3 is 2.62 bits per heavy atom. The second-order valence-corrected chi connectivity index (χ2v) is 5.47. The van der Waals surface area contributed by atoms with Gasteiger partial charge in [0.05, 0.1) is 17.1 Å². The summed E-state index contributed by atoms with van der Waals surface area (Å²) in [5.41, 5.74) is 0.0132. The van der Waals surface area contributed by atoms with E-state index in [1.54, 1.807) is 7.05 Å². The van der Waals surface area contributed by atoms with Crippen LogP contribution in [0.15, 0.2) is 12.1 Å². The number of aliphatic hydroxyl groups excluding tert-OH is 1. The summed E-state index contributed by atoms with van der Waals surface area (Å²) in [5, 5.41) is 26.3. The summed E-state index contributed by atoms with van der Waals surface area (Å²) in [5.74, 6) is 1.67. The number of nitrogens with zero attached hydrogens (tertiary/aromatic N) is 2. The number of hydrogen-bond acceptors (Lipinski definition) is 6. The fourth-order valence-corrected chi connectivity index (χ4v) is 2.87. The first-order valence-electron chi connectivity index (χ1n) is 7.33. The Kier molecular flexibility index (Phi) is 5.32. The van der Waals surface area contributed by atoms with E-state index in [0.717, 1.165) is 12.8 Å². The number of nitrogens with one attached hydrogen (secondary N) is 2. The average Bonchev–Trinajstić information content (AvgIpc) is 2.52. The Labute approximate surface area is 123 Å². The van der Waals surface area contributed by atoms with E-state index < -0.39 is 4.92 Å². The molecule has 1 fully saturated rings. The molecule has 0 spiro atoms. The summed E-state index contributed by atoms with van der Waals surface area (Å²) in [6.45, 7) is 0.888. The average molecular weight is 294 g/mol. The van der Waals surface area contributed by atoms with E-state index in [1.165, 1.54) is 25.0 Å². The van der Waals surface area contributed by atoms with Crippen LogP contribution in [0.4, 0.5) is 17.3 Å². The van der Waals surface area contributed by atoms with Crippen LogP contribution < -0.4 is 10.6 Å². The highest BCUT2D eigenvalue weighted by atomic mass is 16.6. The molecule has 0 aliphatic heterocycles. The second kappa shape index (κ2) is 7.21. The standard InChI is InChI=1S/C14H22N4O3/c1-15-13-6-12(18(20)21)7-14(17-13)16-8-10-4-2-3-5-11(10)9-19/h6-7,10-11,19H,2-5,8-9H2,1H3,(H2,15,16,17). The van der Waals surface area contributed by atoms with Gasteiger partial charge in [0.1, 0.15) is 11.6 Å². The van der Waals surface area contributed by atoms with Crippen molar-refractivity contribution in [3.63, 3.8) is 0 Å². The highest BCUT2D eigenvalue weighted by Crippen LogP contribution is 2.30. The van der Waals surface area contributed by atoms with Crippen molar-refractivity contribution in [3.8, 4) is 0 Å². The van der Waals surface area contributed by atoms with Gasteiger partial charge >= 0.3 is 0 Å². The first-order valence-corrected chi connectivity index (χ1v) is 7.33. The fourth-order valence-electron chi connectivity index (χ4n) is 2.87. The maximum absolute atomic E-state index is 10.9. The summed E-state index contributed by atoms with van der Waals surface area (Å²) in [6.07, 6.45) is 4.46. The molecule has 2 atom stereocenters. The van der Waals surface area contributed by atoms with Gasteiger partial charge in [0, 0.05) is 20.2 Å². The molecule has 0 saturated heterocycles. The van der Waals surface area contributed by atoms with Crippen LogP contribution in [0.25, 0.3) is 0 Å². The molecule has 7 heteroatoms. The van der Waals surface area contributed by atoms with Crippen LogP contribution in [0, 0.1) is 22.0 Å². The number of aliphatic hydroxyl groups is 1. The minimum absolute atomic E-state index is 0.0132. The smallest absolute Gasteiger partial charge is 0.276 e. The SMILES string of the molecule is CNc1cc([N+](=O)[O-])cc(NCC2CCCCC2CO)n1. The molecule has 0 aromatic carbocycles. The highest BCUT2D eigenvalue weighted by molar-refractivity contribution is 5.54. The molecule has 3 N–H and O–H groups in total. The van der Waals surface area contributed by atoms with Crippen LogP contribution in [0.1, 0.15) is 25.7 Å². The molecule has 1 aromatic rings. The first kappa shape index (κ1) is 15.5. The van der Waals surface area contributed by atoms with Gasteiger partial charge < -0.3 is 15.7 Å². The Morgan fingerprint density at radius 1 is 1.33 bits per heavy atom. The van der Waals surface area contributed by atoms with Crippen molar-refractivity contribution < 1.29 is 10.0 Å². The Morgan fingerprint density at radius 2 is 2.00 bits per heavy atom. The molecular formula is C14H22N4O3. The van der Waals surface area contributed by atoms with E-state index in [9.17, 15) is 15.2 Å². The third-order valence-electron chi connectivity index (χ3n) is 4.12. The zero-order valence-corrected chi connectivity index (χ0v) is 12.2. The van der Waals surface area contributed by atoms with Crippen molar-refractivity contribution in [2.75, 3.05) is 30.8 Å². The van der Waals surface area contributed by atoms with Crippen LogP contribution in [0.2, 0.25) is 0 Å². The van der Waals surface area contributed by atoms with E-state index >= 15 is 0 Å². The lowest BCUT2D eigenvalue weighted by atomic mass is 9.79. The predicted octanol–water partition coefficient (Wildman–Crippen LogP) is 2.24. The number of rotatable bonds is 6. The van der Waals surface area contributed by atoms with Gasteiger partial charge in [-0.05, 0) is 24.7 Å². The number of aromatic nitrogens is 1. The van der Waals surface area contributed by atoms with Gasteiger partial charge in [0.2, 0.25) is 0 Å². The molecule has 2 unspecified atom stereocenters. The molecule has 0 radical (unpaired) electrons. The van der Waals surface area contributed by atoms with Crippen LogP contribution >= 0.6 is 0 Å². The number of anilines is 2. The van der Waals surface area contributed by atoms with Crippen LogP contribution in [-0.2, 0) is 0 Å². The van der Waals surface area contributed by atoms with E-state index in [-0.39, 0.29) is 12.3 Å². The second-order valence-electron chi connectivity index (χ2n) is 5.47. The molecular weight excluding hydrogens is 272 g/mol. The molecule has 1 aromatic heterocycles. The third-order valence-corrected chi connectivity index (χ3v) is 4.12. The third kappa shape index (κ3) is 4.04. The molecule has 21 heavy (non-hydrogen) atoms. The molecule has 1 aliphatic carbocycles. The zero-order valence-electron chi connectivity index (χ0n) is 12.2. The van der Waals surface area contributed by atoms with Gasteiger partial charge in [-0.3, -0.25) is 10.1 Å². The maximum Gasteiger partial charge on any atom is 0.276 e. The highest BCUT2D eigenvalue weighted by Gasteiger charge is 2.24. The molecule has 116 valence electrons. The van der Waals surface area contributed by atoms with Crippen molar-refractivity contribution in [1.29, 1.82) is 0 Å². The van der Waals surface area contributed by atoms with E-state index in [1.807, 2.05) is 0 Å². The van der Waals surface area contributed by atoms with Crippen LogP contribution in [0.3, 0.4) is 0 Å². The first-order chi connectivity index (χ1) is 10.1. The molecule has 2 rings (SSSR count). The van der Waals surface area contributed by atoms with Gasteiger partial charge in [-0.15, -0.1) is 0 Å². The minimum atomic E-state index is -0.426. The lowest BCUT2D eigenvalue weighted by Gasteiger charge is -2.30. The van der Waals surface area contributed by atoms with Gasteiger partial charge in [0.25, 0.3) is 5.69 Å². The van der Waals surface area contributed by atoms with Crippen molar-refractivity contribution in [3.05, 3.63) is 22.2 Å². The summed E-state index contributed by atoms with van der Waals surface area (Å²) >= 11 is 0. The number of nitro groups is 1. The topological polar surface area (TPSA) is 100 Å². The van der Waals surface area contributed by atoms with Crippen molar-refractivity contribution in [2.45, 2.75) is 25.7 Å². The van der Waals surface area contributed by atoms with E-state index in [0.29, 0.717) is 30.0 Å². The Balaban J connectivity index is 2.04. The van der Waals surface area contributed by atoms with Crippen LogP contribution in [0.5, 0.6) is 0 Å². The Hall–Kier alpha value is -1.89. The van der Waals surface area contributed by atoms with E-state index in [4.69, 9.17) is 0 Å². The Bertz CT molecular complexity index is 495. The minimum Gasteiger partial charge on any atom is -0.396 e. The summed E-state index contributed by atoms with van der Waals surface area (Å²) in [4.78, 5) is 14.8. The predicted molar refractivity (Wildman–Crippen MR) is 81.5 cm³/mol. The monoisotopic (exact) mass is 294 g/mol. The quantitative estimate of drug-likeness (QED) is 0.549. The largest absolute Gasteiger partial charge is 0.396 e. The molecule has 0 amide bonds. The molecule has 7 nitrogen and oxygen atoms in total. The number of hydrogen-bond donors (Lipinski definition) is 3. The summed E-state index contributed by atoms with van der Waals surface area (Å²) in [6, 6.07) is 2.85. The van der Waals surface area contributed by atoms with E-state index in [2.05, 4.69) is 15.6 Å². The molecule has 1 heterocycles. The van der Waals surface area contributed by atoms with Crippen LogP contribution in [-0.4, -0.2) is 35.2 Å². The fraction of sp³-hybridized carbons (Fsp3) is 0.643. The van der Waals surface area contributed by atoms with Crippen molar-refractivity contribution in [1.82, 2.24) is 4.98 Å². The van der Waals surface area contributed by atoms with Crippen molar-refractivity contribution >= 4 is 17.3 Å². The summed E-state index contributed by atoms with van der Waals surface area (Å²) < 4.78 is 0. The maximum atomic E-state index is 10.9. The normalized spacial score (nSPS) is 21.8. The number of pyridine rings is 1. The van der Waals surface area contributed by atoms with Gasteiger partial charge in [-0.1, -0.05) is 12.8 Å². The van der Waals surface area contributed by atoms with Gasteiger partial charge in [-0.25, -0.2) is 4.98 Å². The zero-order chi connectivity index (χ0) is 15.2. The lowest BCUT2D eigenvalue weighted by molar-refractivity contribution is -0.384.